The van der Waals surface area contributed by atoms with Gasteiger partial charge in [-0.1, -0.05) is 11.3 Å². The molecule has 2 heterocycles. The third-order valence-electron chi connectivity index (χ3n) is 2.83. The SMILES string of the molecule is CC(C)n1ccc(C(=O)Nc2nnc(CCN(C)C)s2)n1. The van der Waals surface area contributed by atoms with Crippen LogP contribution in [-0.2, 0) is 6.42 Å². The summed E-state index contributed by atoms with van der Waals surface area (Å²) >= 11 is 1.40. The molecule has 2 aromatic heterocycles. The Morgan fingerprint density at radius 3 is 2.81 bits per heavy atom. The van der Waals surface area contributed by atoms with Gasteiger partial charge < -0.3 is 4.90 Å². The average molecular weight is 308 g/mol. The van der Waals surface area contributed by atoms with Crippen LogP contribution in [0.5, 0.6) is 0 Å². The van der Waals surface area contributed by atoms with Crippen LogP contribution in [0.2, 0.25) is 0 Å². The topological polar surface area (TPSA) is 75.9 Å². The van der Waals surface area contributed by atoms with E-state index in [0.717, 1.165) is 18.0 Å². The van der Waals surface area contributed by atoms with Gasteiger partial charge in [-0.05, 0) is 34.0 Å². The highest BCUT2D eigenvalue weighted by Gasteiger charge is 2.13. The van der Waals surface area contributed by atoms with Crippen LogP contribution in [0.4, 0.5) is 5.13 Å². The van der Waals surface area contributed by atoms with Crippen molar-refractivity contribution in [2.24, 2.45) is 0 Å². The highest BCUT2D eigenvalue weighted by Crippen LogP contribution is 2.16. The fourth-order valence-corrected chi connectivity index (χ4v) is 2.36. The van der Waals surface area contributed by atoms with Crippen molar-refractivity contribution in [3.05, 3.63) is 23.0 Å². The summed E-state index contributed by atoms with van der Waals surface area (Å²) in [6.07, 6.45) is 2.62. The second kappa shape index (κ2) is 6.77. The van der Waals surface area contributed by atoms with Crippen LogP contribution < -0.4 is 5.32 Å². The highest BCUT2D eigenvalue weighted by atomic mass is 32.1. The maximum Gasteiger partial charge on any atom is 0.277 e. The van der Waals surface area contributed by atoms with Gasteiger partial charge in [-0.2, -0.15) is 5.10 Å². The molecule has 0 radical (unpaired) electrons. The summed E-state index contributed by atoms with van der Waals surface area (Å²) < 4.78 is 1.75. The molecule has 0 aliphatic heterocycles. The lowest BCUT2D eigenvalue weighted by atomic mass is 10.4. The number of likely N-dealkylation sites (N-methyl/N-ethyl adjacent to an activating group) is 1. The van der Waals surface area contributed by atoms with Crippen molar-refractivity contribution in [3.63, 3.8) is 0 Å². The monoisotopic (exact) mass is 308 g/mol. The van der Waals surface area contributed by atoms with Gasteiger partial charge in [-0.25, -0.2) is 0 Å². The normalized spacial score (nSPS) is 11.3. The van der Waals surface area contributed by atoms with E-state index >= 15 is 0 Å². The summed E-state index contributed by atoms with van der Waals surface area (Å²) in [6.45, 7) is 4.92. The Morgan fingerprint density at radius 2 is 2.19 bits per heavy atom. The van der Waals surface area contributed by atoms with Gasteiger partial charge in [-0.15, -0.1) is 10.2 Å². The highest BCUT2D eigenvalue weighted by molar-refractivity contribution is 7.15. The Labute approximate surface area is 128 Å². The van der Waals surface area contributed by atoms with Crippen LogP contribution in [-0.4, -0.2) is 51.4 Å². The van der Waals surface area contributed by atoms with E-state index in [4.69, 9.17) is 0 Å². The molecular weight excluding hydrogens is 288 g/mol. The van der Waals surface area contributed by atoms with E-state index in [0.29, 0.717) is 10.8 Å². The number of rotatable bonds is 6. The molecule has 7 nitrogen and oxygen atoms in total. The second-order valence-electron chi connectivity index (χ2n) is 5.28. The van der Waals surface area contributed by atoms with Crippen LogP contribution in [0, 0.1) is 0 Å². The van der Waals surface area contributed by atoms with Gasteiger partial charge in [0, 0.05) is 25.2 Å². The first kappa shape index (κ1) is 15.6. The fourth-order valence-electron chi connectivity index (χ4n) is 1.63. The van der Waals surface area contributed by atoms with E-state index in [-0.39, 0.29) is 11.9 Å². The van der Waals surface area contributed by atoms with Crippen molar-refractivity contribution < 1.29 is 4.79 Å². The maximum atomic E-state index is 12.1. The Bertz CT molecular complexity index is 603. The lowest BCUT2D eigenvalue weighted by molar-refractivity contribution is 0.102. The Kier molecular flexibility index (Phi) is 5.03. The molecule has 1 amide bonds. The van der Waals surface area contributed by atoms with Crippen LogP contribution >= 0.6 is 11.3 Å². The van der Waals surface area contributed by atoms with Gasteiger partial charge >= 0.3 is 0 Å². The summed E-state index contributed by atoms with van der Waals surface area (Å²) in [5.41, 5.74) is 0.383. The van der Waals surface area contributed by atoms with Crippen molar-refractivity contribution in [2.75, 3.05) is 26.0 Å². The fraction of sp³-hybridized carbons (Fsp3) is 0.538. The van der Waals surface area contributed by atoms with Crippen molar-refractivity contribution >= 4 is 22.4 Å². The third kappa shape index (κ3) is 4.33. The molecule has 2 rings (SSSR count). The van der Waals surface area contributed by atoms with E-state index in [9.17, 15) is 4.79 Å². The molecule has 8 heteroatoms. The molecule has 0 unspecified atom stereocenters. The predicted octanol–water partition coefficient (Wildman–Crippen LogP) is 1.67. The molecule has 0 fully saturated rings. The molecular formula is C13H20N6OS. The number of hydrogen-bond donors (Lipinski definition) is 1. The first-order valence-corrected chi connectivity index (χ1v) is 7.61. The number of nitrogens with zero attached hydrogens (tertiary/aromatic N) is 5. The first-order chi connectivity index (χ1) is 9.95. The molecule has 0 atom stereocenters. The largest absolute Gasteiger partial charge is 0.309 e. The minimum absolute atomic E-state index is 0.228. The lowest BCUT2D eigenvalue weighted by Crippen LogP contribution is -2.14. The molecule has 0 aliphatic carbocycles. The van der Waals surface area contributed by atoms with Crippen molar-refractivity contribution in [1.82, 2.24) is 24.9 Å². The average Bonchev–Trinajstić information content (AvgIpc) is 3.05. The molecule has 114 valence electrons. The van der Waals surface area contributed by atoms with Gasteiger partial charge in [0.2, 0.25) is 5.13 Å². The third-order valence-corrected chi connectivity index (χ3v) is 3.73. The van der Waals surface area contributed by atoms with Crippen LogP contribution in [0.25, 0.3) is 0 Å². The van der Waals surface area contributed by atoms with Crippen molar-refractivity contribution in [3.8, 4) is 0 Å². The van der Waals surface area contributed by atoms with Crippen LogP contribution in [0.3, 0.4) is 0 Å². The van der Waals surface area contributed by atoms with Gasteiger partial charge in [0.1, 0.15) is 5.01 Å². The molecule has 0 bridgehead atoms. The van der Waals surface area contributed by atoms with E-state index in [2.05, 4.69) is 25.5 Å². The van der Waals surface area contributed by atoms with E-state index in [1.54, 1.807) is 16.9 Å². The van der Waals surface area contributed by atoms with E-state index < -0.39 is 0 Å². The molecule has 0 spiro atoms. The van der Waals surface area contributed by atoms with E-state index in [1.165, 1.54) is 11.3 Å². The summed E-state index contributed by atoms with van der Waals surface area (Å²) in [4.78, 5) is 14.2. The molecule has 2 aromatic rings. The predicted molar refractivity (Wildman–Crippen MR) is 82.7 cm³/mol. The van der Waals surface area contributed by atoms with Gasteiger partial charge in [-0.3, -0.25) is 14.8 Å². The van der Waals surface area contributed by atoms with Crippen LogP contribution in [0.1, 0.15) is 35.4 Å². The number of nitrogens with one attached hydrogen (secondary N) is 1. The van der Waals surface area contributed by atoms with E-state index in [1.807, 2.05) is 27.9 Å². The lowest BCUT2D eigenvalue weighted by Gasteiger charge is -2.05. The standard InChI is InChI=1S/C13H20N6OS/c1-9(2)19-8-5-10(17-19)12(20)14-13-16-15-11(21-13)6-7-18(3)4/h5,8-9H,6-7H2,1-4H3,(H,14,16,20). The molecule has 0 aromatic carbocycles. The van der Waals surface area contributed by atoms with Crippen LogP contribution in [0.15, 0.2) is 12.3 Å². The van der Waals surface area contributed by atoms with Gasteiger partial charge in [0.25, 0.3) is 5.91 Å². The molecule has 0 aliphatic rings. The maximum absolute atomic E-state index is 12.1. The quantitative estimate of drug-likeness (QED) is 0.878. The number of carbonyl (C=O) groups is 1. The summed E-state index contributed by atoms with van der Waals surface area (Å²) in [7, 11) is 4.02. The molecule has 1 N–H and O–H groups in total. The number of aromatic nitrogens is 4. The van der Waals surface area contributed by atoms with Crippen molar-refractivity contribution in [1.29, 1.82) is 0 Å². The summed E-state index contributed by atoms with van der Waals surface area (Å²) in [6, 6.07) is 1.93. The number of hydrogen-bond acceptors (Lipinski definition) is 6. The number of amides is 1. The number of anilines is 1. The Hall–Kier alpha value is -1.80. The molecule has 21 heavy (non-hydrogen) atoms. The summed E-state index contributed by atoms with van der Waals surface area (Å²) in [5, 5.41) is 16.4. The second-order valence-corrected chi connectivity index (χ2v) is 6.35. The van der Waals surface area contributed by atoms with Gasteiger partial charge in [0.05, 0.1) is 0 Å². The van der Waals surface area contributed by atoms with Gasteiger partial charge in [0.15, 0.2) is 5.69 Å². The Balaban J connectivity index is 1.95. The smallest absolute Gasteiger partial charge is 0.277 e. The summed E-state index contributed by atoms with van der Waals surface area (Å²) in [5.74, 6) is -0.260. The first-order valence-electron chi connectivity index (χ1n) is 6.79. The zero-order valence-electron chi connectivity index (χ0n) is 12.7. The minimum atomic E-state index is -0.260. The zero-order valence-corrected chi connectivity index (χ0v) is 13.5. The zero-order chi connectivity index (χ0) is 15.4. The number of carbonyl (C=O) groups excluding carboxylic acids is 1. The minimum Gasteiger partial charge on any atom is -0.309 e. The molecule has 0 saturated heterocycles. The Morgan fingerprint density at radius 1 is 1.43 bits per heavy atom. The molecule has 0 saturated carbocycles. The van der Waals surface area contributed by atoms with Crippen molar-refractivity contribution in [2.45, 2.75) is 26.3 Å².